The minimum atomic E-state index is 0.592. The van der Waals surface area contributed by atoms with Crippen molar-refractivity contribution in [2.24, 2.45) is 0 Å². The van der Waals surface area contributed by atoms with Crippen LogP contribution in [0.5, 0.6) is 5.75 Å². The number of unbranched alkanes of at least 4 members (excludes halogenated alkanes) is 1. The van der Waals surface area contributed by atoms with Crippen molar-refractivity contribution >= 4 is 5.69 Å². The Hall–Kier alpha value is -1.22. The number of aryl methyl sites for hydroxylation is 1. The van der Waals surface area contributed by atoms with Crippen molar-refractivity contribution < 1.29 is 9.47 Å². The van der Waals surface area contributed by atoms with Gasteiger partial charge in [0.15, 0.2) is 0 Å². The molecule has 1 aromatic carbocycles. The highest BCUT2D eigenvalue weighted by Crippen LogP contribution is 2.19. The molecule has 2 N–H and O–H groups in total. The van der Waals surface area contributed by atoms with Crippen LogP contribution in [0.2, 0.25) is 0 Å². The molecule has 0 radical (unpaired) electrons. The summed E-state index contributed by atoms with van der Waals surface area (Å²) in [7, 11) is 0. The van der Waals surface area contributed by atoms with E-state index >= 15 is 0 Å². The predicted molar refractivity (Wildman–Crippen MR) is 66.8 cm³/mol. The quantitative estimate of drug-likeness (QED) is 0.571. The third-order valence-electron chi connectivity index (χ3n) is 2.33. The van der Waals surface area contributed by atoms with Crippen LogP contribution in [-0.2, 0) is 4.74 Å². The second-order valence-corrected chi connectivity index (χ2v) is 3.84. The summed E-state index contributed by atoms with van der Waals surface area (Å²) in [5, 5.41) is 0. The zero-order valence-electron chi connectivity index (χ0n) is 10.2. The summed E-state index contributed by atoms with van der Waals surface area (Å²) in [5.74, 6) is 0.883. The minimum Gasteiger partial charge on any atom is -0.491 e. The number of benzene rings is 1. The van der Waals surface area contributed by atoms with Crippen LogP contribution in [0.15, 0.2) is 18.2 Å². The summed E-state index contributed by atoms with van der Waals surface area (Å²) in [6, 6.07) is 5.66. The summed E-state index contributed by atoms with van der Waals surface area (Å²) in [5.41, 5.74) is 7.49. The third-order valence-corrected chi connectivity index (χ3v) is 2.33. The highest BCUT2D eigenvalue weighted by atomic mass is 16.5. The summed E-state index contributed by atoms with van der Waals surface area (Å²) in [4.78, 5) is 0. The predicted octanol–water partition coefficient (Wildman–Crippen LogP) is 2.77. The lowest BCUT2D eigenvalue weighted by Gasteiger charge is -2.09. The van der Waals surface area contributed by atoms with E-state index in [4.69, 9.17) is 15.2 Å². The van der Waals surface area contributed by atoms with E-state index in [-0.39, 0.29) is 0 Å². The largest absolute Gasteiger partial charge is 0.491 e. The van der Waals surface area contributed by atoms with Gasteiger partial charge in [-0.05, 0) is 37.1 Å². The van der Waals surface area contributed by atoms with Crippen molar-refractivity contribution in [2.75, 3.05) is 25.6 Å². The normalized spacial score (nSPS) is 10.4. The van der Waals surface area contributed by atoms with E-state index in [0.717, 1.165) is 36.4 Å². The molecule has 0 spiro atoms. The van der Waals surface area contributed by atoms with Crippen LogP contribution in [0, 0.1) is 6.92 Å². The Morgan fingerprint density at radius 3 is 2.69 bits per heavy atom. The van der Waals surface area contributed by atoms with Crippen molar-refractivity contribution in [1.82, 2.24) is 0 Å². The molecular formula is C13H21NO2. The fourth-order valence-corrected chi connectivity index (χ4v) is 1.39. The Kier molecular flexibility index (Phi) is 5.72. The fraction of sp³-hybridized carbons (Fsp3) is 0.538. The number of nitrogen functional groups attached to an aromatic ring is 1. The average molecular weight is 223 g/mol. The summed E-state index contributed by atoms with van der Waals surface area (Å²) in [6.07, 6.45) is 2.28. The zero-order chi connectivity index (χ0) is 11.8. The van der Waals surface area contributed by atoms with Crippen LogP contribution in [0.1, 0.15) is 25.3 Å². The van der Waals surface area contributed by atoms with Crippen molar-refractivity contribution in [3.63, 3.8) is 0 Å². The molecule has 0 saturated carbocycles. The van der Waals surface area contributed by atoms with Gasteiger partial charge in [-0.25, -0.2) is 0 Å². The van der Waals surface area contributed by atoms with Crippen molar-refractivity contribution in [3.8, 4) is 5.75 Å². The van der Waals surface area contributed by atoms with Gasteiger partial charge < -0.3 is 15.2 Å². The van der Waals surface area contributed by atoms with Crippen LogP contribution in [0.4, 0.5) is 5.69 Å². The van der Waals surface area contributed by atoms with E-state index in [0.29, 0.717) is 13.2 Å². The van der Waals surface area contributed by atoms with Gasteiger partial charge in [-0.3, -0.25) is 0 Å². The van der Waals surface area contributed by atoms with E-state index in [1.54, 1.807) is 0 Å². The summed E-state index contributed by atoms with van der Waals surface area (Å²) < 4.78 is 11.0. The standard InChI is InChI=1S/C13H21NO2/c1-3-4-7-15-8-9-16-13-6-5-12(14)10-11(13)2/h5-6,10H,3-4,7-9,14H2,1-2H3. The Bertz CT molecular complexity index is 313. The van der Waals surface area contributed by atoms with Gasteiger partial charge in [0.25, 0.3) is 0 Å². The van der Waals surface area contributed by atoms with Crippen molar-refractivity contribution in [1.29, 1.82) is 0 Å². The highest BCUT2D eigenvalue weighted by molar-refractivity contribution is 5.47. The van der Waals surface area contributed by atoms with E-state index in [2.05, 4.69) is 6.92 Å². The molecule has 0 aliphatic carbocycles. The summed E-state index contributed by atoms with van der Waals surface area (Å²) >= 11 is 0. The van der Waals surface area contributed by atoms with Gasteiger partial charge >= 0.3 is 0 Å². The number of ether oxygens (including phenoxy) is 2. The molecule has 1 aromatic rings. The minimum absolute atomic E-state index is 0.592. The number of hydrogen-bond donors (Lipinski definition) is 1. The first-order chi connectivity index (χ1) is 7.74. The lowest BCUT2D eigenvalue weighted by atomic mass is 10.2. The molecule has 3 heteroatoms. The van der Waals surface area contributed by atoms with Crippen LogP contribution < -0.4 is 10.5 Å². The molecule has 0 unspecified atom stereocenters. The van der Waals surface area contributed by atoms with Crippen molar-refractivity contribution in [3.05, 3.63) is 23.8 Å². The van der Waals surface area contributed by atoms with Gasteiger partial charge in [-0.15, -0.1) is 0 Å². The van der Waals surface area contributed by atoms with E-state index in [9.17, 15) is 0 Å². The van der Waals surface area contributed by atoms with Gasteiger partial charge in [0.05, 0.1) is 6.61 Å². The maximum Gasteiger partial charge on any atom is 0.122 e. The van der Waals surface area contributed by atoms with Crippen molar-refractivity contribution in [2.45, 2.75) is 26.7 Å². The third kappa shape index (κ3) is 4.53. The monoisotopic (exact) mass is 223 g/mol. The van der Waals surface area contributed by atoms with Gasteiger partial charge in [-0.2, -0.15) is 0 Å². The van der Waals surface area contributed by atoms with Gasteiger partial charge in [0, 0.05) is 12.3 Å². The molecular weight excluding hydrogens is 202 g/mol. The molecule has 0 atom stereocenters. The molecule has 3 nitrogen and oxygen atoms in total. The Morgan fingerprint density at radius 2 is 2.00 bits per heavy atom. The molecule has 0 heterocycles. The van der Waals surface area contributed by atoms with Gasteiger partial charge in [-0.1, -0.05) is 13.3 Å². The average Bonchev–Trinajstić information content (AvgIpc) is 2.26. The molecule has 0 aliphatic rings. The summed E-state index contributed by atoms with van der Waals surface area (Å²) in [6.45, 7) is 6.19. The van der Waals surface area contributed by atoms with E-state index < -0.39 is 0 Å². The lowest BCUT2D eigenvalue weighted by molar-refractivity contribution is 0.0978. The first-order valence-electron chi connectivity index (χ1n) is 5.80. The molecule has 0 bridgehead atoms. The molecule has 0 aromatic heterocycles. The molecule has 0 saturated heterocycles. The molecule has 0 aliphatic heterocycles. The first-order valence-corrected chi connectivity index (χ1v) is 5.80. The van der Waals surface area contributed by atoms with Gasteiger partial charge in [0.1, 0.15) is 12.4 Å². The first kappa shape index (κ1) is 12.8. The second kappa shape index (κ2) is 7.12. The van der Waals surface area contributed by atoms with Crippen LogP contribution in [0.3, 0.4) is 0 Å². The highest BCUT2D eigenvalue weighted by Gasteiger charge is 1.99. The van der Waals surface area contributed by atoms with Crippen LogP contribution in [0.25, 0.3) is 0 Å². The number of rotatable bonds is 7. The SMILES string of the molecule is CCCCOCCOc1ccc(N)cc1C. The Labute approximate surface area is 97.6 Å². The van der Waals surface area contributed by atoms with Gasteiger partial charge in [0.2, 0.25) is 0 Å². The fourth-order valence-electron chi connectivity index (χ4n) is 1.39. The lowest BCUT2D eigenvalue weighted by Crippen LogP contribution is -2.08. The zero-order valence-corrected chi connectivity index (χ0v) is 10.2. The molecule has 16 heavy (non-hydrogen) atoms. The smallest absolute Gasteiger partial charge is 0.122 e. The maximum absolute atomic E-state index is 5.66. The number of hydrogen-bond acceptors (Lipinski definition) is 3. The van der Waals surface area contributed by atoms with E-state index in [1.807, 2.05) is 25.1 Å². The molecule has 90 valence electrons. The Balaban J connectivity index is 2.21. The molecule has 1 rings (SSSR count). The topological polar surface area (TPSA) is 44.5 Å². The van der Waals surface area contributed by atoms with Crippen LogP contribution in [-0.4, -0.2) is 19.8 Å². The maximum atomic E-state index is 5.66. The second-order valence-electron chi connectivity index (χ2n) is 3.84. The molecule has 0 amide bonds. The number of nitrogens with two attached hydrogens (primary N) is 1. The number of anilines is 1. The van der Waals surface area contributed by atoms with E-state index in [1.165, 1.54) is 0 Å². The van der Waals surface area contributed by atoms with Crippen LogP contribution >= 0.6 is 0 Å². The molecule has 0 fully saturated rings. The Morgan fingerprint density at radius 1 is 1.19 bits per heavy atom.